The molecule has 1 heterocycles. The number of amides is 1. The van der Waals surface area contributed by atoms with Gasteiger partial charge in [-0.05, 0) is 12.8 Å². The lowest BCUT2D eigenvalue weighted by Gasteiger charge is -2.05. The third-order valence-electron chi connectivity index (χ3n) is 1.82. The zero-order chi connectivity index (χ0) is 8.97. The van der Waals surface area contributed by atoms with Gasteiger partial charge in [0, 0.05) is 13.0 Å². The van der Waals surface area contributed by atoms with Gasteiger partial charge in [-0.1, -0.05) is 0 Å². The molecule has 1 aliphatic heterocycles. The lowest BCUT2D eigenvalue weighted by atomic mass is 10.1. The Morgan fingerprint density at radius 2 is 2.50 bits per heavy atom. The first-order valence-electron chi connectivity index (χ1n) is 4.14. The Morgan fingerprint density at radius 1 is 1.75 bits per heavy atom. The SMILES string of the molecule is CCOC(=O)CC1CNC(=O)C1. The molecule has 4 heteroatoms. The summed E-state index contributed by atoms with van der Waals surface area (Å²) in [4.78, 5) is 21.7. The van der Waals surface area contributed by atoms with Crippen molar-refractivity contribution in [3.05, 3.63) is 0 Å². The van der Waals surface area contributed by atoms with Gasteiger partial charge in [0.2, 0.25) is 5.91 Å². The van der Waals surface area contributed by atoms with Crippen molar-refractivity contribution in [3.63, 3.8) is 0 Å². The van der Waals surface area contributed by atoms with Crippen LogP contribution < -0.4 is 5.32 Å². The van der Waals surface area contributed by atoms with Crippen molar-refractivity contribution in [1.29, 1.82) is 0 Å². The number of esters is 1. The molecule has 0 aromatic carbocycles. The van der Waals surface area contributed by atoms with Gasteiger partial charge < -0.3 is 10.1 Å². The molecule has 1 aliphatic rings. The molecule has 0 aliphatic carbocycles. The van der Waals surface area contributed by atoms with E-state index < -0.39 is 0 Å². The summed E-state index contributed by atoms with van der Waals surface area (Å²) >= 11 is 0. The smallest absolute Gasteiger partial charge is 0.306 e. The third-order valence-corrected chi connectivity index (χ3v) is 1.82. The number of carbonyl (C=O) groups excluding carboxylic acids is 2. The van der Waals surface area contributed by atoms with Crippen LogP contribution in [0.4, 0.5) is 0 Å². The van der Waals surface area contributed by atoms with E-state index in [1.54, 1.807) is 6.92 Å². The molecule has 1 rings (SSSR count). The Bertz CT molecular complexity index is 191. The van der Waals surface area contributed by atoms with Gasteiger partial charge in [0.15, 0.2) is 0 Å². The van der Waals surface area contributed by atoms with Crippen LogP contribution in [0.25, 0.3) is 0 Å². The second-order valence-corrected chi connectivity index (χ2v) is 2.88. The minimum atomic E-state index is -0.209. The highest BCUT2D eigenvalue weighted by Gasteiger charge is 2.23. The zero-order valence-electron chi connectivity index (χ0n) is 7.13. The van der Waals surface area contributed by atoms with E-state index >= 15 is 0 Å². The predicted molar refractivity (Wildman–Crippen MR) is 42.4 cm³/mol. The van der Waals surface area contributed by atoms with Crippen LogP contribution in [-0.2, 0) is 14.3 Å². The van der Waals surface area contributed by atoms with Crippen molar-refractivity contribution < 1.29 is 14.3 Å². The molecular weight excluding hydrogens is 158 g/mol. The van der Waals surface area contributed by atoms with Crippen LogP contribution in [0.3, 0.4) is 0 Å². The molecule has 1 fully saturated rings. The molecule has 0 aromatic rings. The van der Waals surface area contributed by atoms with Gasteiger partial charge in [0.1, 0.15) is 0 Å². The van der Waals surface area contributed by atoms with Crippen molar-refractivity contribution >= 4 is 11.9 Å². The second kappa shape index (κ2) is 4.09. The molecule has 68 valence electrons. The quantitative estimate of drug-likeness (QED) is 0.611. The Morgan fingerprint density at radius 3 is 3.00 bits per heavy atom. The van der Waals surface area contributed by atoms with Crippen LogP contribution in [0.5, 0.6) is 0 Å². The lowest BCUT2D eigenvalue weighted by Crippen LogP contribution is -2.15. The van der Waals surface area contributed by atoms with Crippen LogP contribution >= 0.6 is 0 Å². The van der Waals surface area contributed by atoms with Gasteiger partial charge in [-0.15, -0.1) is 0 Å². The highest BCUT2D eigenvalue weighted by molar-refractivity contribution is 5.79. The van der Waals surface area contributed by atoms with Crippen LogP contribution in [0.1, 0.15) is 19.8 Å². The molecule has 12 heavy (non-hydrogen) atoms. The second-order valence-electron chi connectivity index (χ2n) is 2.88. The highest BCUT2D eigenvalue weighted by Crippen LogP contribution is 2.13. The molecule has 1 unspecified atom stereocenters. The zero-order valence-corrected chi connectivity index (χ0v) is 7.13. The van der Waals surface area contributed by atoms with Gasteiger partial charge in [-0.25, -0.2) is 0 Å². The van der Waals surface area contributed by atoms with Gasteiger partial charge in [0.25, 0.3) is 0 Å². The first kappa shape index (κ1) is 9.03. The molecule has 1 saturated heterocycles. The van der Waals surface area contributed by atoms with E-state index in [-0.39, 0.29) is 17.8 Å². The summed E-state index contributed by atoms with van der Waals surface area (Å²) in [6.07, 6.45) is 0.811. The van der Waals surface area contributed by atoms with Crippen LogP contribution in [0, 0.1) is 5.92 Å². The predicted octanol–water partition coefficient (Wildman–Crippen LogP) is 0.0757. The maximum atomic E-state index is 10.9. The fourth-order valence-corrected chi connectivity index (χ4v) is 1.26. The molecule has 1 atom stereocenters. The Hall–Kier alpha value is -1.06. The van der Waals surface area contributed by atoms with E-state index in [2.05, 4.69) is 5.32 Å². The van der Waals surface area contributed by atoms with E-state index in [4.69, 9.17) is 4.74 Å². The van der Waals surface area contributed by atoms with Crippen molar-refractivity contribution in [2.24, 2.45) is 5.92 Å². The number of nitrogens with one attached hydrogen (secondary N) is 1. The average molecular weight is 171 g/mol. The molecule has 4 nitrogen and oxygen atoms in total. The Kier molecular flexibility index (Phi) is 3.08. The summed E-state index contributed by atoms with van der Waals surface area (Å²) in [5.41, 5.74) is 0. The molecular formula is C8H13NO3. The van der Waals surface area contributed by atoms with Crippen LogP contribution in [0.15, 0.2) is 0 Å². The van der Waals surface area contributed by atoms with Crippen molar-refractivity contribution in [2.45, 2.75) is 19.8 Å². The maximum absolute atomic E-state index is 10.9. The minimum absolute atomic E-state index is 0.0318. The number of hydrogen-bond donors (Lipinski definition) is 1. The molecule has 0 radical (unpaired) electrons. The third kappa shape index (κ3) is 2.53. The minimum Gasteiger partial charge on any atom is -0.466 e. The van der Waals surface area contributed by atoms with Crippen molar-refractivity contribution in [1.82, 2.24) is 5.32 Å². The summed E-state index contributed by atoms with van der Waals surface area (Å²) in [5, 5.41) is 2.67. The van der Waals surface area contributed by atoms with E-state index in [0.717, 1.165) is 0 Å². The monoisotopic (exact) mass is 171 g/mol. The lowest BCUT2D eigenvalue weighted by molar-refractivity contribution is -0.144. The number of hydrogen-bond acceptors (Lipinski definition) is 3. The molecule has 0 spiro atoms. The normalized spacial score (nSPS) is 22.1. The summed E-state index contributed by atoms with van der Waals surface area (Å²) in [5.74, 6) is -0.0418. The summed E-state index contributed by atoms with van der Waals surface area (Å²) in [6.45, 7) is 2.79. The first-order chi connectivity index (χ1) is 5.72. The topological polar surface area (TPSA) is 55.4 Å². The molecule has 1 amide bonds. The first-order valence-corrected chi connectivity index (χ1v) is 4.14. The average Bonchev–Trinajstić information content (AvgIpc) is 2.36. The summed E-state index contributed by atoms with van der Waals surface area (Å²) in [7, 11) is 0. The van der Waals surface area contributed by atoms with Gasteiger partial charge in [-0.3, -0.25) is 9.59 Å². The largest absolute Gasteiger partial charge is 0.466 e. The number of ether oxygens (including phenoxy) is 1. The summed E-state index contributed by atoms with van der Waals surface area (Å²) < 4.78 is 4.76. The van der Waals surface area contributed by atoms with Crippen LogP contribution in [0.2, 0.25) is 0 Å². The molecule has 1 N–H and O–H groups in total. The standard InChI is InChI=1S/C8H13NO3/c1-2-12-8(11)4-6-3-7(10)9-5-6/h6H,2-5H2,1H3,(H,9,10). The Labute approximate surface area is 71.3 Å². The van der Waals surface area contributed by atoms with Crippen molar-refractivity contribution in [2.75, 3.05) is 13.2 Å². The fourth-order valence-electron chi connectivity index (χ4n) is 1.26. The fraction of sp³-hybridized carbons (Fsp3) is 0.750. The molecule has 0 bridgehead atoms. The van der Waals surface area contributed by atoms with Gasteiger partial charge >= 0.3 is 5.97 Å². The van der Waals surface area contributed by atoms with Crippen LogP contribution in [-0.4, -0.2) is 25.0 Å². The molecule has 0 saturated carbocycles. The molecule has 0 aromatic heterocycles. The van der Waals surface area contributed by atoms with Gasteiger partial charge in [0.05, 0.1) is 13.0 Å². The van der Waals surface area contributed by atoms with E-state index in [0.29, 0.717) is 26.0 Å². The van der Waals surface area contributed by atoms with Gasteiger partial charge in [-0.2, -0.15) is 0 Å². The summed E-state index contributed by atoms with van der Waals surface area (Å²) in [6, 6.07) is 0. The Balaban J connectivity index is 2.23. The van der Waals surface area contributed by atoms with Crippen molar-refractivity contribution in [3.8, 4) is 0 Å². The number of carbonyl (C=O) groups is 2. The van der Waals surface area contributed by atoms with E-state index in [9.17, 15) is 9.59 Å². The maximum Gasteiger partial charge on any atom is 0.306 e. The highest BCUT2D eigenvalue weighted by atomic mass is 16.5. The van der Waals surface area contributed by atoms with E-state index in [1.807, 2.05) is 0 Å². The number of rotatable bonds is 3. The van der Waals surface area contributed by atoms with E-state index in [1.165, 1.54) is 0 Å².